The molecule has 0 saturated carbocycles. The second-order valence-corrected chi connectivity index (χ2v) is 7.71. The number of esters is 2. The molecule has 33 heavy (non-hydrogen) atoms. The van der Waals surface area contributed by atoms with Crippen molar-refractivity contribution < 1.29 is 50.2 Å². The lowest BCUT2D eigenvalue weighted by atomic mass is 9.60. The highest BCUT2D eigenvalue weighted by Gasteiger charge is 2.86. The number of hydrogen-bond donors (Lipinski definition) is 2. The molecule has 182 valence electrons. The lowest BCUT2D eigenvalue weighted by Crippen LogP contribution is -2.70. The van der Waals surface area contributed by atoms with Crippen LogP contribution < -0.4 is 10.6 Å². The number of carbonyl (C=O) groups is 3. The summed E-state index contributed by atoms with van der Waals surface area (Å²) < 4.78 is 94.7. The Bertz CT molecular complexity index is 980. The van der Waals surface area contributed by atoms with E-state index in [0.29, 0.717) is 0 Å². The number of fused-ring (bicyclic) bond motifs is 2. The molecule has 0 aromatic heterocycles. The molecule has 7 nitrogen and oxygen atoms in total. The Morgan fingerprint density at radius 2 is 1.58 bits per heavy atom. The molecule has 2 aliphatic heterocycles. The van der Waals surface area contributed by atoms with Crippen molar-refractivity contribution in [2.45, 2.75) is 43.2 Å². The van der Waals surface area contributed by atoms with Crippen LogP contribution in [0.15, 0.2) is 18.2 Å². The molecule has 1 spiro atoms. The molecule has 2 aliphatic rings. The molecule has 1 aromatic rings. The Balaban J connectivity index is 2.56. The van der Waals surface area contributed by atoms with Crippen LogP contribution in [-0.4, -0.2) is 55.0 Å². The number of nitrogens with one attached hydrogen (secondary N) is 2. The maximum atomic E-state index is 14.4. The van der Waals surface area contributed by atoms with Crippen LogP contribution in [0.5, 0.6) is 0 Å². The van der Waals surface area contributed by atoms with Gasteiger partial charge in [0.25, 0.3) is 0 Å². The minimum atomic E-state index is -5.74. The van der Waals surface area contributed by atoms with Crippen molar-refractivity contribution in [1.82, 2.24) is 5.32 Å². The molecule has 0 bridgehead atoms. The van der Waals surface area contributed by atoms with E-state index in [1.165, 1.54) is 25.2 Å². The van der Waals surface area contributed by atoms with Gasteiger partial charge in [-0.25, -0.2) is 9.59 Å². The van der Waals surface area contributed by atoms with Crippen LogP contribution in [0.3, 0.4) is 0 Å². The molecular weight excluding hydrogens is 486 g/mol. The van der Waals surface area contributed by atoms with Gasteiger partial charge < -0.3 is 14.8 Å². The SMILES string of the molecule is CCOC(=O)C1(C(=O)OCC)N[C@@H](C(F)(F)F)[C@@H](C(F)(F)F)[C@@]12C(=O)Nc1cccc(Cl)c12. The molecule has 0 unspecified atom stereocenters. The fourth-order valence-corrected chi connectivity index (χ4v) is 4.96. The summed E-state index contributed by atoms with van der Waals surface area (Å²) in [6.45, 7) is 1.39. The summed E-state index contributed by atoms with van der Waals surface area (Å²) in [5.74, 6) is -9.01. The molecule has 1 amide bonds. The van der Waals surface area contributed by atoms with Gasteiger partial charge in [0.15, 0.2) is 0 Å². The van der Waals surface area contributed by atoms with Crippen molar-refractivity contribution in [3.63, 3.8) is 0 Å². The Hall–Kier alpha value is -2.54. The molecule has 3 atom stereocenters. The Labute approximate surface area is 187 Å². The first kappa shape index (κ1) is 25.1. The van der Waals surface area contributed by atoms with Crippen molar-refractivity contribution in [3.05, 3.63) is 28.8 Å². The first-order valence-corrected chi connectivity index (χ1v) is 9.95. The van der Waals surface area contributed by atoms with Crippen molar-refractivity contribution in [1.29, 1.82) is 0 Å². The number of benzene rings is 1. The van der Waals surface area contributed by atoms with Crippen LogP contribution in [0.25, 0.3) is 0 Å². The first-order valence-electron chi connectivity index (χ1n) is 9.57. The van der Waals surface area contributed by atoms with Gasteiger partial charge in [0, 0.05) is 16.3 Å². The number of rotatable bonds is 4. The van der Waals surface area contributed by atoms with Crippen LogP contribution in [0, 0.1) is 5.92 Å². The highest BCUT2D eigenvalue weighted by atomic mass is 35.5. The zero-order valence-electron chi connectivity index (χ0n) is 17.0. The number of amides is 1. The zero-order chi connectivity index (χ0) is 25.0. The van der Waals surface area contributed by atoms with Crippen molar-refractivity contribution in [3.8, 4) is 0 Å². The van der Waals surface area contributed by atoms with Crippen LogP contribution in [0.1, 0.15) is 19.4 Å². The number of carbonyl (C=O) groups excluding carboxylic acids is 3. The molecule has 3 rings (SSSR count). The van der Waals surface area contributed by atoms with Gasteiger partial charge in [-0.2, -0.15) is 26.3 Å². The van der Waals surface area contributed by atoms with E-state index in [4.69, 9.17) is 21.1 Å². The number of hydrogen-bond acceptors (Lipinski definition) is 6. The highest BCUT2D eigenvalue weighted by Crippen LogP contribution is 2.63. The Morgan fingerprint density at radius 1 is 1.03 bits per heavy atom. The Morgan fingerprint density at radius 3 is 2.03 bits per heavy atom. The van der Waals surface area contributed by atoms with Gasteiger partial charge in [0.05, 0.1) is 13.2 Å². The summed E-state index contributed by atoms with van der Waals surface area (Å²) in [7, 11) is 0. The average Bonchev–Trinajstić information content (AvgIpc) is 3.17. The summed E-state index contributed by atoms with van der Waals surface area (Å²) in [6, 6.07) is -0.219. The summed E-state index contributed by atoms with van der Waals surface area (Å²) in [5, 5.41) is 2.97. The van der Waals surface area contributed by atoms with Crippen molar-refractivity contribution in [2.75, 3.05) is 18.5 Å². The lowest BCUT2D eigenvalue weighted by Gasteiger charge is -2.40. The normalized spacial score (nSPS) is 26.2. The number of anilines is 1. The van der Waals surface area contributed by atoms with Gasteiger partial charge >= 0.3 is 24.3 Å². The van der Waals surface area contributed by atoms with E-state index < -0.39 is 76.9 Å². The highest BCUT2D eigenvalue weighted by molar-refractivity contribution is 6.34. The van der Waals surface area contributed by atoms with E-state index in [1.807, 2.05) is 5.32 Å². The number of halogens is 7. The molecule has 2 heterocycles. The topological polar surface area (TPSA) is 93.7 Å². The summed E-state index contributed by atoms with van der Waals surface area (Å²) >= 11 is 6.10. The zero-order valence-corrected chi connectivity index (χ0v) is 17.7. The summed E-state index contributed by atoms with van der Waals surface area (Å²) in [5.41, 5.74) is -8.26. The number of alkyl halides is 6. The van der Waals surface area contributed by atoms with Crippen LogP contribution >= 0.6 is 11.6 Å². The third-order valence-electron chi connectivity index (χ3n) is 5.65. The van der Waals surface area contributed by atoms with Gasteiger partial charge in [-0.05, 0) is 26.0 Å². The molecule has 0 radical (unpaired) electrons. The van der Waals surface area contributed by atoms with Crippen LogP contribution in [-0.2, 0) is 29.3 Å². The maximum Gasteiger partial charge on any atom is 0.404 e. The van der Waals surface area contributed by atoms with Gasteiger partial charge in [0.2, 0.25) is 11.4 Å². The lowest BCUT2D eigenvalue weighted by molar-refractivity contribution is -0.235. The third-order valence-corrected chi connectivity index (χ3v) is 5.96. The minimum absolute atomic E-state index is 0.385. The van der Waals surface area contributed by atoms with E-state index in [9.17, 15) is 40.7 Å². The second kappa shape index (κ2) is 8.05. The summed E-state index contributed by atoms with van der Waals surface area (Å²) in [4.78, 5) is 39.5. The predicted octanol–water partition coefficient (Wildman–Crippen LogP) is 3.11. The molecule has 2 N–H and O–H groups in total. The van der Waals surface area contributed by atoms with E-state index in [2.05, 4.69) is 0 Å². The first-order chi connectivity index (χ1) is 15.2. The third kappa shape index (κ3) is 3.35. The van der Waals surface area contributed by atoms with E-state index in [0.717, 1.165) is 12.1 Å². The molecular formula is C19H17ClF6N2O5. The molecule has 0 aliphatic carbocycles. The fraction of sp³-hybridized carbons (Fsp3) is 0.526. The van der Waals surface area contributed by atoms with E-state index in [-0.39, 0.29) is 5.69 Å². The second-order valence-electron chi connectivity index (χ2n) is 7.30. The smallest absolute Gasteiger partial charge is 0.404 e. The summed E-state index contributed by atoms with van der Waals surface area (Å²) in [6.07, 6.45) is -11.4. The van der Waals surface area contributed by atoms with Crippen LogP contribution in [0.4, 0.5) is 32.0 Å². The maximum absolute atomic E-state index is 14.4. The monoisotopic (exact) mass is 502 g/mol. The van der Waals surface area contributed by atoms with Gasteiger partial charge in [0.1, 0.15) is 17.4 Å². The standard InChI is InChI=1S/C19H17ClF6N2O5/c1-3-32-14(30)17(15(31)33-4-2)16(10-8(20)6-5-7-9(10)27-13(16)29)11(18(21,22)23)12(28-17)19(24,25)26/h5-7,11-12,28H,3-4H2,1-2H3,(H,27,29)/t11-,12-,16+/m1/s1. The van der Waals surface area contributed by atoms with Gasteiger partial charge in [-0.15, -0.1) is 0 Å². The minimum Gasteiger partial charge on any atom is -0.464 e. The van der Waals surface area contributed by atoms with Crippen LogP contribution in [0.2, 0.25) is 5.02 Å². The van der Waals surface area contributed by atoms with E-state index in [1.54, 1.807) is 0 Å². The molecule has 14 heteroatoms. The number of ether oxygens (including phenoxy) is 2. The molecule has 1 aromatic carbocycles. The Kier molecular flexibility index (Phi) is 6.12. The van der Waals surface area contributed by atoms with Gasteiger partial charge in [-0.1, -0.05) is 17.7 Å². The van der Waals surface area contributed by atoms with Gasteiger partial charge in [-0.3, -0.25) is 10.1 Å². The van der Waals surface area contributed by atoms with E-state index >= 15 is 0 Å². The van der Waals surface area contributed by atoms with Crippen molar-refractivity contribution in [2.24, 2.45) is 5.92 Å². The quantitative estimate of drug-likeness (QED) is 0.373. The molecule has 1 fully saturated rings. The average molecular weight is 503 g/mol. The fourth-order valence-electron chi connectivity index (χ4n) is 4.64. The molecule has 1 saturated heterocycles. The largest absolute Gasteiger partial charge is 0.464 e. The van der Waals surface area contributed by atoms with Crippen molar-refractivity contribution >= 4 is 35.1 Å². The predicted molar refractivity (Wildman–Crippen MR) is 100 cm³/mol.